The molecule has 1 amide bonds. The largest absolute Gasteiger partial charge is 0.497 e. The monoisotopic (exact) mass is 391 g/mol. The molecule has 1 aliphatic rings. The highest BCUT2D eigenvalue weighted by atomic mass is 16.5. The first-order valence-electron chi connectivity index (χ1n) is 9.89. The highest BCUT2D eigenvalue weighted by Crippen LogP contribution is 2.16. The quantitative estimate of drug-likeness (QED) is 0.622. The van der Waals surface area contributed by atoms with Gasteiger partial charge in [-0.3, -0.25) is 9.69 Å². The summed E-state index contributed by atoms with van der Waals surface area (Å²) in [6, 6.07) is 15.7. The van der Waals surface area contributed by atoms with Crippen molar-refractivity contribution in [3.05, 3.63) is 66.1 Å². The first-order chi connectivity index (χ1) is 14.2. The second kappa shape index (κ2) is 8.92. The Labute approximate surface area is 170 Å². The third kappa shape index (κ3) is 4.84. The van der Waals surface area contributed by atoms with Crippen molar-refractivity contribution in [2.75, 3.05) is 33.3 Å². The summed E-state index contributed by atoms with van der Waals surface area (Å²) in [4.78, 5) is 21.3. The Kier molecular flexibility index (Phi) is 5.91. The number of benzene rings is 2. The Morgan fingerprint density at radius 1 is 1.10 bits per heavy atom. The molecule has 1 fully saturated rings. The Morgan fingerprint density at radius 2 is 1.93 bits per heavy atom. The maximum absolute atomic E-state index is 12.6. The number of methoxy groups -OCH3 is 1. The number of carbonyl (C=O) groups is 1. The number of aromatic nitrogens is 1. The average Bonchev–Trinajstić information content (AvgIpc) is 3.03. The minimum Gasteiger partial charge on any atom is -0.497 e. The van der Waals surface area contributed by atoms with Crippen LogP contribution in [-0.2, 0) is 11.3 Å². The molecule has 2 aromatic carbocycles. The van der Waals surface area contributed by atoms with Crippen LogP contribution in [-0.4, -0.2) is 54.0 Å². The van der Waals surface area contributed by atoms with Crippen LogP contribution < -0.4 is 4.74 Å². The minimum absolute atomic E-state index is 0.00134. The Balaban J connectivity index is 1.32. The molecule has 150 valence electrons. The third-order valence-corrected chi connectivity index (χ3v) is 5.14. The van der Waals surface area contributed by atoms with E-state index < -0.39 is 0 Å². The summed E-state index contributed by atoms with van der Waals surface area (Å²) in [7, 11) is 1.67. The molecule has 0 bridgehead atoms. The fraction of sp³-hybridized carbons (Fsp3) is 0.304. The number of nitrogens with zero attached hydrogens (tertiary/aromatic N) is 3. The van der Waals surface area contributed by atoms with E-state index in [4.69, 9.17) is 9.15 Å². The van der Waals surface area contributed by atoms with Crippen molar-refractivity contribution in [1.29, 1.82) is 0 Å². The topological polar surface area (TPSA) is 58.8 Å². The van der Waals surface area contributed by atoms with Crippen LogP contribution in [0.4, 0.5) is 0 Å². The fourth-order valence-electron chi connectivity index (χ4n) is 3.55. The van der Waals surface area contributed by atoms with Crippen LogP contribution in [0.25, 0.3) is 17.2 Å². The number of carbonyl (C=O) groups excluding carboxylic acids is 1. The number of amides is 1. The number of para-hydroxylation sites is 2. The summed E-state index contributed by atoms with van der Waals surface area (Å²) in [6.45, 7) is 4.19. The van der Waals surface area contributed by atoms with Crippen LogP contribution in [0.3, 0.4) is 0 Å². The van der Waals surface area contributed by atoms with Crippen molar-refractivity contribution < 1.29 is 13.9 Å². The standard InChI is InChI=1S/C23H25N3O3/c1-28-19-9-7-18(8-10-19)17-25-13-4-14-26(16-15-25)23(27)12-11-22-24-20-5-2-3-6-21(20)29-22/h2-3,5-12H,4,13-17H2,1H3/b12-11+. The van der Waals surface area contributed by atoms with E-state index in [9.17, 15) is 4.79 Å². The summed E-state index contributed by atoms with van der Waals surface area (Å²) in [5.74, 6) is 1.32. The van der Waals surface area contributed by atoms with E-state index in [2.05, 4.69) is 22.0 Å². The Morgan fingerprint density at radius 3 is 2.72 bits per heavy atom. The highest BCUT2D eigenvalue weighted by Gasteiger charge is 2.18. The predicted octanol–water partition coefficient (Wildman–Crippen LogP) is 3.58. The van der Waals surface area contributed by atoms with Gasteiger partial charge in [0.15, 0.2) is 5.58 Å². The number of ether oxygens (including phenoxy) is 1. The molecule has 0 saturated carbocycles. The zero-order valence-electron chi connectivity index (χ0n) is 16.6. The van der Waals surface area contributed by atoms with E-state index in [-0.39, 0.29) is 5.91 Å². The van der Waals surface area contributed by atoms with Crippen molar-refractivity contribution in [3.63, 3.8) is 0 Å². The Bertz CT molecular complexity index is 961. The van der Waals surface area contributed by atoms with Gasteiger partial charge in [0.25, 0.3) is 0 Å². The molecule has 0 aliphatic carbocycles. The number of hydrogen-bond donors (Lipinski definition) is 0. The lowest BCUT2D eigenvalue weighted by Crippen LogP contribution is -2.34. The van der Waals surface area contributed by atoms with Gasteiger partial charge in [0.2, 0.25) is 11.8 Å². The van der Waals surface area contributed by atoms with Crippen molar-refractivity contribution in [2.24, 2.45) is 0 Å². The molecule has 2 heterocycles. The maximum Gasteiger partial charge on any atom is 0.246 e. The zero-order chi connectivity index (χ0) is 20.1. The summed E-state index contributed by atoms with van der Waals surface area (Å²) < 4.78 is 10.9. The van der Waals surface area contributed by atoms with E-state index in [1.165, 1.54) is 5.56 Å². The molecule has 4 rings (SSSR count). The van der Waals surface area contributed by atoms with Gasteiger partial charge in [0.05, 0.1) is 7.11 Å². The SMILES string of the molecule is COc1ccc(CN2CCCN(C(=O)/C=C/c3nc4ccccc4o3)CC2)cc1. The van der Waals surface area contributed by atoms with Gasteiger partial charge >= 0.3 is 0 Å². The second-order valence-corrected chi connectivity index (χ2v) is 7.16. The van der Waals surface area contributed by atoms with Crippen molar-refractivity contribution in [1.82, 2.24) is 14.8 Å². The molecule has 3 aromatic rings. The van der Waals surface area contributed by atoms with E-state index in [1.54, 1.807) is 19.3 Å². The van der Waals surface area contributed by atoms with Gasteiger partial charge in [-0.1, -0.05) is 24.3 Å². The number of oxazole rings is 1. The molecule has 1 saturated heterocycles. The van der Waals surface area contributed by atoms with Crippen molar-refractivity contribution in [2.45, 2.75) is 13.0 Å². The van der Waals surface area contributed by atoms with Crippen molar-refractivity contribution >= 4 is 23.1 Å². The number of fused-ring (bicyclic) bond motifs is 1. The molecule has 0 unspecified atom stereocenters. The van der Waals surface area contributed by atoms with Crippen LogP contribution in [0.1, 0.15) is 17.9 Å². The molecule has 29 heavy (non-hydrogen) atoms. The molecule has 1 aliphatic heterocycles. The van der Waals surface area contributed by atoms with Gasteiger partial charge in [0, 0.05) is 44.9 Å². The Hall–Kier alpha value is -3.12. The molecule has 6 nitrogen and oxygen atoms in total. The smallest absolute Gasteiger partial charge is 0.246 e. The van der Waals surface area contributed by atoms with E-state index in [1.807, 2.05) is 41.3 Å². The average molecular weight is 391 g/mol. The van der Waals surface area contributed by atoms with Crippen LogP contribution in [0.15, 0.2) is 59.0 Å². The van der Waals surface area contributed by atoms with E-state index in [0.717, 1.165) is 49.4 Å². The summed E-state index contributed by atoms with van der Waals surface area (Å²) in [6.07, 6.45) is 4.17. The van der Waals surface area contributed by atoms with E-state index >= 15 is 0 Å². The van der Waals surface area contributed by atoms with E-state index in [0.29, 0.717) is 12.4 Å². The van der Waals surface area contributed by atoms with Crippen molar-refractivity contribution in [3.8, 4) is 5.75 Å². The highest BCUT2D eigenvalue weighted by molar-refractivity contribution is 5.91. The fourth-order valence-corrected chi connectivity index (χ4v) is 3.55. The van der Waals surface area contributed by atoms with Gasteiger partial charge in [-0.15, -0.1) is 0 Å². The molecule has 6 heteroatoms. The van der Waals surface area contributed by atoms with Gasteiger partial charge < -0.3 is 14.1 Å². The lowest BCUT2D eigenvalue weighted by molar-refractivity contribution is -0.125. The second-order valence-electron chi connectivity index (χ2n) is 7.16. The third-order valence-electron chi connectivity index (χ3n) is 5.14. The molecular weight excluding hydrogens is 366 g/mol. The van der Waals surface area contributed by atoms with Gasteiger partial charge in [-0.25, -0.2) is 4.98 Å². The summed E-state index contributed by atoms with van der Waals surface area (Å²) >= 11 is 0. The van der Waals surface area contributed by atoms with Gasteiger partial charge in [-0.2, -0.15) is 0 Å². The molecule has 0 spiro atoms. The zero-order valence-corrected chi connectivity index (χ0v) is 16.6. The normalized spacial score (nSPS) is 15.7. The lowest BCUT2D eigenvalue weighted by atomic mass is 10.2. The maximum atomic E-state index is 12.6. The molecule has 0 N–H and O–H groups in total. The molecular formula is C23H25N3O3. The summed E-state index contributed by atoms with van der Waals surface area (Å²) in [5, 5.41) is 0. The number of rotatable bonds is 5. The van der Waals surface area contributed by atoms with Crippen LogP contribution in [0, 0.1) is 0 Å². The molecule has 0 radical (unpaired) electrons. The van der Waals surface area contributed by atoms with Crippen LogP contribution >= 0.6 is 0 Å². The number of hydrogen-bond acceptors (Lipinski definition) is 5. The van der Waals surface area contributed by atoms with Crippen LogP contribution in [0.2, 0.25) is 0 Å². The lowest BCUT2D eigenvalue weighted by Gasteiger charge is -2.21. The van der Waals surface area contributed by atoms with Gasteiger partial charge in [-0.05, 0) is 36.2 Å². The van der Waals surface area contributed by atoms with Crippen LogP contribution in [0.5, 0.6) is 5.75 Å². The van der Waals surface area contributed by atoms with Gasteiger partial charge in [0.1, 0.15) is 11.3 Å². The first-order valence-corrected chi connectivity index (χ1v) is 9.89. The minimum atomic E-state index is -0.00134. The predicted molar refractivity (Wildman–Crippen MR) is 113 cm³/mol. The summed E-state index contributed by atoms with van der Waals surface area (Å²) in [5.41, 5.74) is 2.77. The molecule has 1 aromatic heterocycles. The molecule has 0 atom stereocenters. The first kappa shape index (κ1) is 19.2.